The highest BCUT2D eigenvalue weighted by Crippen LogP contribution is 2.42. The number of alkyl halides is 5. The van der Waals surface area contributed by atoms with Crippen molar-refractivity contribution in [2.24, 2.45) is 17.8 Å². The molecule has 0 aromatic heterocycles. The molecule has 2 aliphatic rings. The van der Waals surface area contributed by atoms with Crippen LogP contribution in [0.25, 0.3) is 0 Å². The Bertz CT molecular complexity index is 1130. The SMILES string of the molecule is C=CCCOc1ccc(C2CCC(/C=C/C3CCC(C(F)(F)Oc4ccc(C(F)(F)F)cc4)CC3)CC2)c(F)c1. The Morgan fingerprint density at radius 2 is 1.35 bits per heavy atom. The van der Waals surface area contributed by atoms with Gasteiger partial charge in [0, 0.05) is 6.07 Å². The summed E-state index contributed by atoms with van der Waals surface area (Å²) >= 11 is 0. The first-order valence-corrected chi connectivity index (χ1v) is 14.0. The minimum absolute atomic E-state index is 0.175. The Morgan fingerprint density at radius 3 is 1.90 bits per heavy atom. The van der Waals surface area contributed by atoms with Crippen LogP contribution in [0.3, 0.4) is 0 Å². The fourth-order valence-electron chi connectivity index (χ4n) is 5.73. The van der Waals surface area contributed by atoms with E-state index in [0.717, 1.165) is 55.5 Å². The van der Waals surface area contributed by atoms with Crippen molar-refractivity contribution in [2.45, 2.75) is 76.0 Å². The highest BCUT2D eigenvalue weighted by Gasteiger charge is 2.44. The second-order valence-corrected chi connectivity index (χ2v) is 10.9. The average Bonchev–Trinajstić information content (AvgIpc) is 2.92. The topological polar surface area (TPSA) is 18.5 Å². The van der Waals surface area contributed by atoms with Gasteiger partial charge < -0.3 is 9.47 Å². The lowest BCUT2D eigenvalue weighted by molar-refractivity contribution is -0.223. The van der Waals surface area contributed by atoms with Crippen LogP contribution in [0, 0.1) is 23.6 Å². The summed E-state index contributed by atoms with van der Waals surface area (Å²) in [5.41, 5.74) is -0.174. The molecule has 2 nitrogen and oxygen atoms in total. The molecule has 0 radical (unpaired) electrons. The van der Waals surface area contributed by atoms with E-state index in [4.69, 9.17) is 9.47 Å². The Morgan fingerprint density at radius 1 is 0.775 bits per heavy atom. The summed E-state index contributed by atoms with van der Waals surface area (Å²) in [6.45, 7) is 4.12. The van der Waals surface area contributed by atoms with Crippen LogP contribution < -0.4 is 9.47 Å². The second-order valence-electron chi connectivity index (χ2n) is 10.9. The van der Waals surface area contributed by atoms with Crippen molar-refractivity contribution in [3.8, 4) is 11.5 Å². The number of halogens is 6. The molecule has 0 unspecified atom stereocenters. The lowest BCUT2D eigenvalue weighted by atomic mass is 9.77. The lowest BCUT2D eigenvalue weighted by Gasteiger charge is -2.33. The largest absolute Gasteiger partial charge is 0.493 e. The van der Waals surface area contributed by atoms with Crippen LogP contribution in [0.1, 0.15) is 74.8 Å². The number of allylic oxidation sites excluding steroid dienone is 2. The Hall–Kier alpha value is -2.90. The van der Waals surface area contributed by atoms with E-state index in [2.05, 4.69) is 18.7 Å². The van der Waals surface area contributed by atoms with Gasteiger partial charge in [-0.15, -0.1) is 6.58 Å². The lowest BCUT2D eigenvalue weighted by Crippen LogP contribution is -2.37. The fourth-order valence-corrected chi connectivity index (χ4v) is 5.73. The smallest absolute Gasteiger partial charge is 0.416 e. The first-order chi connectivity index (χ1) is 19.0. The molecular formula is C32H36F6O2. The van der Waals surface area contributed by atoms with Crippen LogP contribution in [0.2, 0.25) is 0 Å². The quantitative estimate of drug-likeness (QED) is 0.162. The molecule has 0 N–H and O–H groups in total. The third kappa shape index (κ3) is 8.07. The number of hydrogen-bond acceptors (Lipinski definition) is 2. The van der Waals surface area contributed by atoms with Gasteiger partial charge in [-0.05, 0) is 111 Å². The second kappa shape index (κ2) is 13.2. The van der Waals surface area contributed by atoms with Gasteiger partial charge in [-0.3, -0.25) is 0 Å². The van der Waals surface area contributed by atoms with E-state index in [1.807, 2.05) is 12.1 Å². The summed E-state index contributed by atoms with van der Waals surface area (Å²) in [5, 5.41) is 0. The van der Waals surface area contributed by atoms with Gasteiger partial charge in [-0.2, -0.15) is 22.0 Å². The van der Waals surface area contributed by atoms with Gasteiger partial charge in [0.1, 0.15) is 17.3 Å². The molecule has 4 rings (SSSR count). The van der Waals surface area contributed by atoms with E-state index < -0.39 is 23.8 Å². The standard InChI is InChI=1S/C32H36F6O2/c1-2-3-20-39-28-18-19-29(30(33)21-28)24-10-6-22(7-11-24)4-5-23-8-12-26(13-9-23)32(37,38)40-27-16-14-25(15-17-27)31(34,35)36/h2,4-5,14-19,21-24,26H,1,3,6-13,20H2/b5-4+. The van der Waals surface area contributed by atoms with Crippen LogP contribution in [0.4, 0.5) is 26.3 Å². The van der Waals surface area contributed by atoms with Crippen molar-refractivity contribution < 1.29 is 35.8 Å². The number of rotatable bonds is 10. The van der Waals surface area contributed by atoms with Gasteiger partial charge in [0.2, 0.25) is 0 Å². The fraction of sp³-hybridized carbons (Fsp3) is 0.500. The molecular weight excluding hydrogens is 530 g/mol. The van der Waals surface area contributed by atoms with Crippen LogP contribution in [0.5, 0.6) is 11.5 Å². The Balaban J connectivity index is 1.21. The van der Waals surface area contributed by atoms with E-state index in [9.17, 15) is 26.3 Å². The van der Waals surface area contributed by atoms with Gasteiger partial charge in [-0.25, -0.2) is 4.39 Å². The van der Waals surface area contributed by atoms with E-state index in [0.29, 0.717) is 37.5 Å². The maximum Gasteiger partial charge on any atom is 0.416 e. The van der Waals surface area contributed by atoms with E-state index in [1.165, 1.54) is 6.07 Å². The highest BCUT2D eigenvalue weighted by atomic mass is 19.4. The van der Waals surface area contributed by atoms with E-state index >= 15 is 0 Å². The first-order valence-electron chi connectivity index (χ1n) is 14.0. The van der Waals surface area contributed by atoms with Crippen molar-refractivity contribution in [1.29, 1.82) is 0 Å². The van der Waals surface area contributed by atoms with Crippen molar-refractivity contribution in [2.75, 3.05) is 6.61 Å². The summed E-state index contributed by atoms with van der Waals surface area (Å²) in [4.78, 5) is 0. The van der Waals surface area contributed by atoms with Gasteiger partial charge in [0.05, 0.1) is 18.1 Å². The van der Waals surface area contributed by atoms with Crippen LogP contribution in [-0.2, 0) is 6.18 Å². The molecule has 0 atom stereocenters. The van der Waals surface area contributed by atoms with Crippen molar-refractivity contribution >= 4 is 0 Å². The zero-order valence-electron chi connectivity index (χ0n) is 22.4. The minimum atomic E-state index is -4.53. The molecule has 218 valence electrons. The van der Waals surface area contributed by atoms with Gasteiger partial charge in [0.15, 0.2) is 0 Å². The predicted molar refractivity (Wildman–Crippen MR) is 143 cm³/mol. The molecule has 0 amide bonds. The molecule has 2 aromatic rings. The summed E-state index contributed by atoms with van der Waals surface area (Å²) in [6.07, 6.45) is 4.28. The summed E-state index contributed by atoms with van der Waals surface area (Å²) in [6, 6.07) is 8.46. The summed E-state index contributed by atoms with van der Waals surface area (Å²) in [5.74, 6) is -0.185. The molecule has 2 saturated carbocycles. The minimum Gasteiger partial charge on any atom is -0.493 e. The Kier molecular flexibility index (Phi) is 9.90. The zero-order chi connectivity index (χ0) is 28.8. The number of benzene rings is 2. The molecule has 2 fully saturated rings. The molecule has 0 heterocycles. The van der Waals surface area contributed by atoms with Crippen LogP contribution in [0.15, 0.2) is 67.3 Å². The molecule has 2 aromatic carbocycles. The third-order valence-corrected chi connectivity index (χ3v) is 8.11. The van der Waals surface area contributed by atoms with Crippen molar-refractivity contribution in [3.63, 3.8) is 0 Å². The van der Waals surface area contributed by atoms with Crippen molar-refractivity contribution in [1.82, 2.24) is 0 Å². The van der Waals surface area contributed by atoms with Gasteiger partial charge in [0.25, 0.3) is 0 Å². The van der Waals surface area contributed by atoms with E-state index in [-0.39, 0.29) is 36.2 Å². The van der Waals surface area contributed by atoms with Gasteiger partial charge in [-0.1, -0.05) is 24.3 Å². The highest BCUT2D eigenvalue weighted by molar-refractivity contribution is 5.32. The normalized spacial score (nSPS) is 24.1. The molecule has 0 saturated heterocycles. The van der Waals surface area contributed by atoms with Gasteiger partial charge >= 0.3 is 12.3 Å². The molecule has 40 heavy (non-hydrogen) atoms. The number of hydrogen-bond donors (Lipinski definition) is 0. The van der Waals surface area contributed by atoms with Crippen molar-refractivity contribution in [3.05, 3.63) is 84.2 Å². The third-order valence-electron chi connectivity index (χ3n) is 8.11. The average molecular weight is 567 g/mol. The predicted octanol–water partition coefficient (Wildman–Crippen LogP) is 10.1. The van der Waals surface area contributed by atoms with Crippen LogP contribution in [-0.4, -0.2) is 12.7 Å². The molecule has 0 aliphatic heterocycles. The summed E-state index contributed by atoms with van der Waals surface area (Å²) < 4.78 is 92.7. The molecule has 8 heteroatoms. The van der Waals surface area contributed by atoms with Crippen LogP contribution >= 0.6 is 0 Å². The maximum atomic E-state index is 14.7. The zero-order valence-corrected chi connectivity index (χ0v) is 22.4. The first kappa shape index (κ1) is 30.1. The number of ether oxygens (including phenoxy) is 2. The molecule has 0 bridgehead atoms. The summed E-state index contributed by atoms with van der Waals surface area (Å²) in [7, 11) is 0. The maximum absolute atomic E-state index is 14.7. The van der Waals surface area contributed by atoms with E-state index in [1.54, 1.807) is 6.08 Å². The Labute approximate surface area is 232 Å². The molecule has 2 aliphatic carbocycles. The monoisotopic (exact) mass is 566 g/mol. The molecule has 0 spiro atoms.